The van der Waals surface area contributed by atoms with E-state index in [1.165, 1.54) is 21.1 Å². The maximum atomic E-state index is 12.4. The minimum absolute atomic E-state index is 0.0932. The van der Waals surface area contributed by atoms with E-state index < -0.39 is 28.6 Å². The van der Waals surface area contributed by atoms with Crippen molar-refractivity contribution in [3.63, 3.8) is 0 Å². The summed E-state index contributed by atoms with van der Waals surface area (Å²) in [5, 5.41) is 13.9. The van der Waals surface area contributed by atoms with Crippen molar-refractivity contribution in [1.82, 2.24) is 0 Å². The molecule has 2 aromatic rings. The molecule has 0 saturated heterocycles. The number of esters is 1. The second-order valence-electron chi connectivity index (χ2n) is 5.38. The van der Waals surface area contributed by atoms with E-state index in [9.17, 15) is 19.7 Å². The van der Waals surface area contributed by atoms with Crippen LogP contribution in [0.25, 0.3) is 0 Å². The molecule has 142 valence electrons. The average molecular weight is 374 g/mol. The Morgan fingerprint density at radius 2 is 1.67 bits per heavy atom. The van der Waals surface area contributed by atoms with Gasteiger partial charge in [-0.25, -0.2) is 4.79 Å². The first-order valence-electron chi connectivity index (χ1n) is 7.84. The maximum Gasteiger partial charge on any atom is 0.346 e. The van der Waals surface area contributed by atoms with Gasteiger partial charge in [0.25, 0.3) is 11.6 Å². The van der Waals surface area contributed by atoms with Crippen LogP contribution >= 0.6 is 0 Å². The SMILES string of the molecule is COc1cc(C(=O)O[C@H](C)C(=O)Nc2ccccc2)c([N+](=O)[O-])cc1OC. The van der Waals surface area contributed by atoms with Crippen LogP contribution < -0.4 is 14.8 Å². The third kappa shape index (κ3) is 4.72. The van der Waals surface area contributed by atoms with Crippen LogP contribution in [0.15, 0.2) is 42.5 Å². The molecule has 1 amide bonds. The Balaban J connectivity index is 2.21. The van der Waals surface area contributed by atoms with Gasteiger partial charge in [-0.15, -0.1) is 0 Å². The van der Waals surface area contributed by atoms with Crippen LogP contribution in [0.2, 0.25) is 0 Å². The normalized spacial score (nSPS) is 11.2. The van der Waals surface area contributed by atoms with Crippen molar-refractivity contribution in [3.8, 4) is 11.5 Å². The largest absolute Gasteiger partial charge is 0.493 e. The first-order chi connectivity index (χ1) is 12.9. The van der Waals surface area contributed by atoms with Gasteiger partial charge in [0.05, 0.1) is 25.2 Å². The second-order valence-corrected chi connectivity index (χ2v) is 5.38. The fourth-order valence-electron chi connectivity index (χ4n) is 2.23. The number of ether oxygens (including phenoxy) is 3. The lowest BCUT2D eigenvalue weighted by atomic mass is 10.1. The second kappa shape index (κ2) is 8.65. The molecule has 9 nitrogen and oxygen atoms in total. The Morgan fingerprint density at radius 3 is 2.22 bits per heavy atom. The third-order valence-corrected chi connectivity index (χ3v) is 3.61. The molecule has 2 aromatic carbocycles. The summed E-state index contributed by atoms with van der Waals surface area (Å²) in [5.41, 5.74) is -0.340. The number of carbonyl (C=O) groups excluding carboxylic acids is 2. The zero-order valence-corrected chi connectivity index (χ0v) is 14.9. The van der Waals surface area contributed by atoms with Crippen molar-refractivity contribution < 1.29 is 28.7 Å². The molecule has 0 aromatic heterocycles. The number of carbonyl (C=O) groups is 2. The first-order valence-corrected chi connectivity index (χ1v) is 7.84. The van der Waals surface area contributed by atoms with Gasteiger partial charge in [-0.3, -0.25) is 14.9 Å². The number of anilines is 1. The third-order valence-electron chi connectivity index (χ3n) is 3.61. The van der Waals surface area contributed by atoms with Gasteiger partial charge in [-0.05, 0) is 19.1 Å². The smallest absolute Gasteiger partial charge is 0.346 e. The van der Waals surface area contributed by atoms with E-state index in [1.807, 2.05) is 0 Å². The summed E-state index contributed by atoms with van der Waals surface area (Å²) in [6.07, 6.45) is -1.18. The number of methoxy groups -OCH3 is 2. The zero-order valence-electron chi connectivity index (χ0n) is 14.9. The van der Waals surface area contributed by atoms with Crippen LogP contribution in [0, 0.1) is 10.1 Å². The van der Waals surface area contributed by atoms with Crippen molar-refractivity contribution in [2.75, 3.05) is 19.5 Å². The molecule has 9 heteroatoms. The molecule has 0 heterocycles. The number of nitro groups is 1. The van der Waals surface area contributed by atoms with Gasteiger partial charge in [0.2, 0.25) is 0 Å². The van der Waals surface area contributed by atoms with E-state index >= 15 is 0 Å². The van der Waals surface area contributed by atoms with Gasteiger partial charge in [0.1, 0.15) is 5.56 Å². The van der Waals surface area contributed by atoms with E-state index in [1.54, 1.807) is 30.3 Å². The van der Waals surface area contributed by atoms with Crippen LogP contribution in [0.5, 0.6) is 11.5 Å². The Kier molecular flexibility index (Phi) is 6.32. The van der Waals surface area contributed by atoms with Gasteiger partial charge < -0.3 is 19.5 Å². The molecular weight excluding hydrogens is 356 g/mol. The molecule has 1 N–H and O–H groups in total. The highest BCUT2D eigenvalue weighted by atomic mass is 16.6. The number of nitrogens with one attached hydrogen (secondary N) is 1. The molecular formula is C18H18N2O7. The van der Waals surface area contributed by atoms with E-state index in [-0.39, 0.29) is 17.1 Å². The first kappa shape index (κ1) is 19.7. The lowest BCUT2D eigenvalue weighted by Gasteiger charge is -2.14. The predicted molar refractivity (Wildman–Crippen MR) is 96.1 cm³/mol. The highest BCUT2D eigenvalue weighted by Crippen LogP contribution is 2.35. The van der Waals surface area contributed by atoms with Crippen molar-refractivity contribution in [2.24, 2.45) is 0 Å². The number of nitro benzene ring substituents is 1. The zero-order chi connectivity index (χ0) is 20.0. The molecule has 27 heavy (non-hydrogen) atoms. The monoisotopic (exact) mass is 374 g/mol. The van der Waals surface area contributed by atoms with Crippen LogP contribution in [0.3, 0.4) is 0 Å². The number of hydrogen-bond acceptors (Lipinski definition) is 7. The quantitative estimate of drug-likeness (QED) is 0.450. The molecule has 2 rings (SSSR count). The molecule has 0 saturated carbocycles. The molecule has 0 aliphatic heterocycles. The van der Waals surface area contributed by atoms with Crippen LogP contribution in [-0.2, 0) is 9.53 Å². The number of hydrogen-bond donors (Lipinski definition) is 1. The minimum Gasteiger partial charge on any atom is -0.493 e. The molecule has 0 bridgehead atoms. The Hall–Kier alpha value is -3.62. The summed E-state index contributed by atoms with van der Waals surface area (Å²) in [6, 6.07) is 10.8. The van der Waals surface area contributed by atoms with Gasteiger partial charge >= 0.3 is 5.97 Å². The predicted octanol–water partition coefficient (Wildman–Crippen LogP) is 2.80. The molecule has 0 radical (unpaired) electrons. The summed E-state index contributed by atoms with van der Waals surface area (Å²) in [7, 11) is 2.64. The molecule has 0 unspecified atom stereocenters. The van der Waals surface area contributed by atoms with Crippen molar-refractivity contribution in [2.45, 2.75) is 13.0 Å². The number of benzene rings is 2. The van der Waals surface area contributed by atoms with Gasteiger partial charge in [-0.2, -0.15) is 0 Å². The highest BCUT2D eigenvalue weighted by molar-refractivity contribution is 5.99. The van der Waals surface area contributed by atoms with E-state index in [0.29, 0.717) is 5.69 Å². The topological polar surface area (TPSA) is 117 Å². The number of rotatable bonds is 7. The van der Waals surface area contributed by atoms with Gasteiger partial charge in [-0.1, -0.05) is 18.2 Å². The van der Waals surface area contributed by atoms with Crippen LogP contribution in [0.1, 0.15) is 17.3 Å². The summed E-state index contributed by atoms with van der Waals surface area (Å²) >= 11 is 0. The molecule has 0 fully saturated rings. The van der Waals surface area contributed by atoms with E-state index in [4.69, 9.17) is 14.2 Å². The molecule has 0 aliphatic rings. The van der Waals surface area contributed by atoms with Gasteiger partial charge in [0.15, 0.2) is 17.6 Å². The highest BCUT2D eigenvalue weighted by Gasteiger charge is 2.28. The minimum atomic E-state index is -1.18. The maximum absolute atomic E-state index is 12.4. The fourth-order valence-corrected chi connectivity index (χ4v) is 2.23. The Morgan fingerprint density at radius 1 is 1.07 bits per heavy atom. The average Bonchev–Trinajstić information content (AvgIpc) is 2.67. The summed E-state index contributed by atoms with van der Waals surface area (Å²) in [6.45, 7) is 1.36. The number of para-hydroxylation sites is 1. The van der Waals surface area contributed by atoms with E-state index in [2.05, 4.69) is 5.32 Å². The lowest BCUT2D eigenvalue weighted by Crippen LogP contribution is -2.30. The fraction of sp³-hybridized carbons (Fsp3) is 0.222. The van der Waals surface area contributed by atoms with Crippen molar-refractivity contribution in [1.29, 1.82) is 0 Å². The van der Waals surface area contributed by atoms with Crippen molar-refractivity contribution >= 4 is 23.3 Å². The summed E-state index contributed by atoms with van der Waals surface area (Å²) in [4.78, 5) is 35.1. The van der Waals surface area contributed by atoms with Gasteiger partial charge in [0, 0.05) is 11.8 Å². The van der Waals surface area contributed by atoms with Crippen LogP contribution in [0.4, 0.5) is 11.4 Å². The number of amides is 1. The van der Waals surface area contributed by atoms with Crippen molar-refractivity contribution in [3.05, 3.63) is 58.1 Å². The lowest BCUT2D eigenvalue weighted by molar-refractivity contribution is -0.385. The summed E-state index contributed by atoms with van der Waals surface area (Å²) < 4.78 is 15.1. The summed E-state index contributed by atoms with van der Waals surface area (Å²) in [5.74, 6) is -1.39. The molecule has 1 atom stereocenters. The molecule has 0 aliphatic carbocycles. The molecule has 0 spiro atoms. The number of nitrogens with zero attached hydrogens (tertiary/aromatic N) is 1. The Labute approximate surface area is 155 Å². The van der Waals surface area contributed by atoms with E-state index in [0.717, 1.165) is 12.1 Å². The van der Waals surface area contributed by atoms with Crippen LogP contribution in [-0.4, -0.2) is 37.1 Å². The Bertz CT molecular complexity index is 852. The standard InChI is InChI=1S/C18H18N2O7/c1-11(17(21)19-12-7-5-4-6-8-12)27-18(22)13-9-15(25-2)16(26-3)10-14(13)20(23)24/h4-11H,1-3H3,(H,19,21)/t11-/m1/s1.